The highest BCUT2D eigenvalue weighted by molar-refractivity contribution is 6.00. The van der Waals surface area contributed by atoms with Crippen LogP contribution >= 0.6 is 0 Å². The molecule has 0 spiro atoms. The summed E-state index contributed by atoms with van der Waals surface area (Å²) < 4.78 is 4.92. The number of ether oxygens (including phenoxy) is 1. The van der Waals surface area contributed by atoms with E-state index in [-0.39, 0.29) is 34.7 Å². The average Bonchev–Trinajstić information content (AvgIpc) is 2.47. The van der Waals surface area contributed by atoms with Crippen molar-refractivity contribution in [2.45, 2.75) is 6.42 Å². The maximum Gasteiger partial charge on any atom is 0.276 e. The zero-order valence-electron chi connectivity index (χ0n) is 11.6. The van der Waals surface area contributed by atoms with Crippen LogP contribution in [-0.4, -0.2) is 28.0 Å². The van der Waals surface area contributed by atoms with Crippen molar-refractivity contribution in [2.75, 3.05) is 7.11 Å². The molecule has 0 heterocycles. The van der Waals surface area contributed by atoms with Crippen LogP contribution in [-0.2, 0) is 6.42 Å². The number of nitrogens with zero attached hydrogens (tertiary/aromatic N) is 1. The quantitative estimate of drug-likeness (QED) is 0.498. The van der Waals surface area contributed by atoms with E-state index >= 15 is 0 Å². The molecule has 0 saturated carbocycles. The molecular formula is C15H13NO6. The Morgan fingerprint density at radius 3 is 2.55 bits per heavy atom. The monoisotopic (exact) mass is 303 g/mol. The predicted molar refractivity (Wildman–Crippen MR) is 77.5 cm³/mol. The number of methoxy groups -OCH3 is 1. The number of carbonyl (C=O) groups is 1. The van der Waals surface area contributed by atoms with Gasteiger partial charge in [-0.05, 0) is 24.3 Å². The molecule has 0 aromatic heterocycles. The summed E-state index contributed by atoms with van der Waals surface area (Å²) in [6.45, 7) is 0. The molecular weight excluding hydrogens is 290 g/mol. The van der Waals surface area contributed by atoms with Gasteiger partial charge in [-0.15, -0.1) is 0 Å². The smallest absolute Gasteiger partial charge is 0.276 e. The van der Waals surface area contributed by atoms with Gasteiger partial charge in [0.1, 0.15) is 17.2 Å². The Hall–Kier alpha value is -3.09. The molecule has 2 N–H and O–H groups in total. The lowest BCUT2D eigenvalue weighted by Crippen LogP contribution is -2.06. The van der Waals surface area contributed by atoms with Crippen molar-refractivity contribution in [3.05, 3.63) is 57.6 Å². The topological polar surface area (TPSA) is 110 Å². The summed E-state index contributed by atoms with van der Waals surface area (Å²) in [5.74, 6) is -0.730. The fourth-order valence-corrected chi connectivity index (χ4v) is 2.01. The summed E-state index contributed by atoms with van der Waals surface area (Å²) >= 11 is 0. The van der Waals surface area contributed by atoms with E-state index in [0.29, 0.717) is 5.75 Å². The van der Waals surface area contributed by atoms with Crippen molar-refractivity contribution in [3.8, 4) is 17.2 Å². The van der Waals surface area contributed by atoms with Gasteiger partial charge in [0.05, 0.1) is 23.7 Å². The van der Waals surface area contributed by atoms with Gasteiger partial charge in [0.25, 0.3) is 5.69 Å². The van der Waals surface area contributed by atoms with E-state index in [1.165, 1.54) is 37.4 Å². The third kappa shape index (κ3) is 3.14. The normalized spacial score (nSPS) is 10.2. The van der Waals surface area contributed by atoms with Crippen LogP contribution in [0.2, 0.25) is 0 Å². The van der Waals surface area contributed by atoms with Crippen molar-refractivity contribution in [2.24, 2.45) is 0 Å². The van der Waals surface area contributed by atoms with Gasteiger partial charge in [-0.25, -0.2) is 0 Å². The number of hydrogen-bond acceptors (Lipinski definition) is 6. The Morgan fingerprint density at radius 1 is 1.23 bits per heavy atom. The number of phenolic OH excluding ortho intramolecular Hbond substituents is 2. The molecule has 0 atom stereocenters. The van der Waals surface area contributed by atoms with E-state index in [2.05, 4.69) is 0 Å². The number of phenols is 2. The van der Waals surface area contributed by atoms with Gasteiger partial charge in [0.2, 0.25) is 0 Å². The molecule has 0 aliphatic heterocycles. The van der Waals surface area contributed by atoms with E-state index in [0.717, 1.165) is 6.07 Å². The number of ketones is 1. The molecule has 0 aliphatic carbocycles. The summed E-state index contributed by atoms with van der Waals surface area (Å²) in [4.78, 5) is 22.7. The molecule has 0 bridgehead atoms. The third-order valence-electron chi connectivity index (χ3n) is 3.12. The minimum atomic E-state index is -0.595. The van der Waals surface area contributed by atoms with Crippen LogP contribution in [0.25, 0.3) is 0 Å². The fraction of sp³-hybridized carbons (Fsp3) is 0.133. The molecule has 7 heteroatoms. The van der Waals surface area contributed by atoms with E-state index in [4.69, 9.17) is 4.74 Å². The Balaban J connectivity index is 2.34. The summed E-state index contributed by atoms with van der Waals surface area (Å²) in [7, 11) is 1.39. The number of nitro groups is 1. The number of benzene rings is 2. The summed E-state index contributed by atoms with van der Waals surface area (Å²) in [6, 6.07) is 7.76. The number of nitro benzene ring substituents is 1. The summed E-state index contributed by atoms with van der Waals surface area (Å²) in [6.07, 6.45) is -0.251. The second-order valence-electron chi connectivity index (χ2n) is 4.55. The predicted octanol–water partition coefficient (Wildman–Crippen LogP) is 2.44. The van der Waals surface area contributed by atoms with Gasteiger partial charge in [-0.2, -0.15) is 0 Å². The van der Waals surface area contributed by atoms with Gasteiger partial charge in [-0.3, -0.25) is 14.9 Å². The first-order chi connectivity index (χ1) is 10.4. The van der Waals surface area contributed by atoms with E-state index in [1.54, 1.807) is 0 Å². The SMILES string of the molecule is COc1ccc(CC(=O)c2ccc(O)cc2O)c([N+](=O)[O-])c1. The Labute approximate surface area is 125 Å². The zero-order valence-corrected chi connectivity index (χ0v) is 11.6. The van der Waals surface area contributed by atoms with Crippen LogP contribution in [0, 0.1) is 10.1 Å². The molecule has 22 heavy (non-hydrogen) atoms. The lowest BCUT2D eigenvalue weighted by molar-refractivity contribution is -0.385. The van der Waals surface area contributed by atoms with Gasteiger partial charge in [0.15, 0.2) is 5.78 Å². The highest BCUT2D eigenvalue weighted by Crippen LogP contribution is 2.28. The number of aromatic hydroxyl groups is 2. The second-order valence-corrected chi connectivity index (χ2v) is 4.55. The van der Waals surface area contributed by atoms with Crippen LogP contribution in [0.5, 0.6) is 17.2 Å². The highest BCUT2D eigenvalue weighted by Gasteiger charge is 2.20. The molecule has 7 nitrogen and oxygen atoms in total. The van der Waals surface area contributed by atoms with Gasteiger partial charge in [-0.1, -0.05) is 0 Å². The van der Waals surface area contributed by atoms with Gasteiger partial charge in [0, 0.05) is 18.1 Å². The van der Waals surface area contributed by atoms with Crippen molar-refractivity contribution in [1.29, 1.82) is 0 Å². The highest BCUT2D eigenvalue weighted by atomic mass is 16.6. The summed E-state index contributed by atoms with van der Waals surface area (Å²) in [5, 5.41) is 30.0. The first-order valence-electron chi connectivity index (χ1n) is 6.29. The van der Waals surface area contributed by atoms with Crippen molar-refractivity contribution in [1.82, 2.24) is 0 Å². The molecule has 2 aromatic carbocycles. The fourth-order valence-electron chi connectivity index (χ4n) is 2.01. The lowest BCUT2D eigenvalue weighted by atomic mass is 10.0. The van der Waals surface area contributed by atoms with Gasteiger partial charge >= 0.3 is 0 Å². The first-order valence-corrected chi connectivity index (χ1v) is 6.29. The first kappa shape index (κ1) is 15.3. The standard InChI is InChI=1S/C15H13NO6/c1-22-11-4-2-9(13(8-11)16(20)21)6-14(18)12-5-3-10(17)7-15(12)19/h2-5,7-8,17,19H,6H2,1H3. The van der Waals surface area contributed by atoms with E-state index in [9.17, 15) is 25.1 Å². The van der Waals surface area contributed by atoms with E-state index < -0.39 is 10.7 Å². The number of hydrogen-bond donors (Lipinski definition) is 2. The molecule has 0 radical (unpaired) electrons. The van der Waals surface area contributed by atoms with Crippen molar-refractivity contribution in [3.63, 3.8) is 0 Å². The van der Waals surface area contributed by atoms with Crippen molar-refractivity contribution >= 4 is 11.5 Å². The maximum absolute atomic E-state index is 12.2. The second kappa shape index (κ2) is 6.13. The van der Waals surface area contributed by atoms with Crippen LogP contribution < -0.4 is 4.74 Å². The van der Waals surface area contributed by atoms with Gasteiger partial charge < -0.3 is 14.9 Å². The van der Waals surface area contributed by atoms with Crippen LogP contribution in [0.4, 0.5) is 5.69 Å². The lowest BCUT2D eigenvalue weighted by Gasteiger charge is -2.07. The zero-order chi connectivity index (χ0) is 16.3. The minimum absolute atomic E-state index is 0.0112. The molecule has 0 unspecified atom stereocenters. The average molecular weight is 303 g/mol. The van der Waals surface area contributed by atoms with E-state index in [1.807, 2.05) is 0 Å². The number of Topliss-reactive ketones (excluding diaryl/α,β-unsaturated/α-hetero) is 1. The Kier molecular flexibility index (Phi) is 4.26. The number of carbonyl (C=O) groups excluding carboxylic acids is 1. The van der Waals surface area contributed by atoms with Crippen LogP contribution in [0.1, 0.15) is 15.9 Å². The van der Waals surface area contributed by atoms with Crippen molar-refractivity contribution < 1.29 is 24.7 Å². The minimum Gasteiger partial charge on any atom is -0.508 e. The molecule has 0 fully saturated rings. The summed E-state index contributed by atoms with van der Waals surface area (Å²) in [5.41, 5.74) is -0.0304. The Bertz CT molecular complexity index is 741. The number of rotatable bonds is 5. The Morgan fingerprint density at radius 2 is 1.95 bits per heavy atom. The molecule has 0 saturated heterocycles. The van der Waals surface area contributed by atoms with Crippen LogP contribution in [0.15, 0.2) is 36.4 Å². The molecule has 0 amide bonds. The maximum atomic E-state index is 12.2. The molecule has 114 valence electrons. The largest absolute Gasteiger partial charge is 0.508 e. The third-order valence-corrected chi connectivity index (χ3v) is 3.12. The molecule has 2 rings (SSSR count). The van der Waals surface area contributed by atoms with Crippen LogP contribution in [0.3, 0.4) is 0 Å². The molecule has 0 aliphatic rings. The molecule has 2 aromatic rings.